The molecule has 0 aromatic heterocycles. The maximum atomic E-state index is 3.54. The Kier molecular flexibility index (Phi) is 1.56. The van der Waals surface area contributed by atoms with Gasteiger partial charge in [0, 0.05) is 5.33 Å². The van der Waals surface area contributed by atoms with Crippen molar-refractivity contribution in [2.24, 2.45) is 17.8 Å². The highest BCUT2D eigenvalue weighted by atomic mass is 79.9. The van der Waals surface area contributed by atoms with Crippen LogP contribution in [-0.4, -0.2) is 5.33 Å². The van der Waals surface area contributed by atoms with Gasteiger partial charge in [-0.3, -0.25) is 0 Å². The standard InChI is InChI=1S/C8H13Br/c9-5-7-4-8(7)6-2-1-3-6/h6-8H,1-5H2. The maximum Gasteiger partial charge on any atom is 0.00625 e. The second-order valence-corrected chi connectivity index (χ2v) is 4.15. The molecule has 0 radical (unpaired) electrons. The first-order chi connectivity index (χ1) is 4.42. The van der Waals surface area contributed by atoms with Crippen molar-refractivity contribution in [2.75, 3.05) is 5.33 Å². The van der Waals surface area contributed by atoms with E-state index in [0.29, 0.717) is 0 Å². The van der Waals surface area contributed by atoms with Crippen molar-refractivity contribution in [1.82, 2.24) is 0 Å². The van der Waals surface area contributed by atoms with E-state index in [4.69, 9.17) is 0 Å². The number of hydrogen-bond acceptors (Lipinski definition) is 0. The Morgan fingerprint density at radius 1 is 1.33 bits per heavy atom. The van der Waals surface area contributed by atoms with E-state index < -0.39 is 0 Å². The Bertz CT molecular complexity index is 107. The van der Waals surface area contributed by atoms with Crippen LogP contribution in [0.5, 0.6) is 0 Å². The van der Waals surface area contributed by atoms with Gasteiger partial charge in [0.2, 0.25) is 0 Å². The fourth-order valence-corrected chi connectivity index (χ4v) is 2.64. The summed E-state index contributed by atoms with van der Waals surface area (Å²) in [7, 11) is 0. The van der Waals surface area contributed by atoms with Crippen LogP contribution in [0.25, 0.3) is 0 Å². The number of alkyl halides is 1. The van der Waals surface area contributed by atoms with Crippen molar-refractivity contribution in [3.05, 3.63) is 0 Å². The summed E-state index contributed by atoms with van der Waals surface area (Å²) in [5.41, 5.74) is 0. The van der Waals surface area contributed by atoms with Crippen LogP contribution in [0.3, 0.4) is 0 Å². The molecule has 0 aromatic carbocycles. The molecular weight excluding hydrogens is 176 g/mol. The maximum absolute atomic E-state index is 3.54. The van der Waals surface area contributed by atoms with Gasteiger partial charge in [-0.15, -0.1) is 0 Å². The molecule has 2 aliphatic rings. The van der Waals surface area contributed by atoms with Crippen LogP contribution < -0.4 is 0 Å². The first kappa shape index (κ1) is 6.21. The highest BCUT2D eigenvalue weighted by molar-refractivity contribution is 9.09. The molecule has 2 aliphatic carbocycles. The van der Waals surface area contributed by atoms with E-state index in [1.165, 1.54) is 31.0 Å². The van der Waals surface area contributed by atoms with Gasteiger partial charge in [-0.25, -0.2) is 0 Å². The first-order valence-electron chi connectivity index (χ1n) is 3.98. The van der Waals surface area contributed by atoms with E-state index in [9.17, 15) is 0 Å². The van der Waals surface area contributed by atoms with Crippen LogP contribution in [0.2, 0.25) is 0 Å². The van der Waals surface area contributed by atoms with Crippen LogP contribution in [-0.2, 0) is 0 Å². The van der Waals surface area contributed by atoms with Crippen molar-refractivity contribution in [3.63, 3.8) is 0 Å². The average Bonchev–Trinajstić information content (AvgIpc) is 2.42. The molecule has 0 bridgehead atoms. The van der Waals surface area contributed by atoms with Crippen molar-refractivity contribution >= 4 is 15.9 Å². The number of hydrogen-bond donors (Lipinski definition) is 0. The highest BCUT2D eigenvalue weighted by Crippen LogP contribution is 2.52. The molecule has 0 aromatic rings. The number of halogens is 1. The minimum Gasteiger partial charge on any atom is -0.0925 e. The molecule has 0 spiro atoms. The smallest absolute Gasteiger partial charge is 0.00625 e. The molecule has 0 nitrogen and oxygen atoms in total. The Hall–Kier alpha value is 0.480. The normalized spacial score (nSPS) is 42.3. The van der Waals surface area contributed by atoms with Crippen molar-refractivity contribution < 1.29 is 0 Å². The molecule has 0 heterocycles. The van der Waals surface area contributed by atoms with Gasteiger partial charge in [0.1, 0.15) is 0 Å². The van der Waals surface area contributed by atoms with E-state index in [-0.39, 0.29) is 0 Å². The summed E-state index contributed by atoms with van der Waals surface area (Å²) < 4.78 is 0. The zero-order valence-electron chi connectivity index (χ0n) is 5.65. The third-order valence-electron chi connectivity index (χ3n) is 2.93. The zero-order valence-corrected chi connectivity index (χ0v) is 7.23. The number of rotatable bonds is 2. The Balaban J connectivity index is 1.76. The zero-order chi connectivity index (χ0) is 6.27. The third kappa shape index (κ3) is 1.04. The van der Waals surface area contributed by atoms with E-state index >= 15 is 0 Å². The molecular formula is C8H13Br. The monoisotopic (exact) mass is 188 g/mol. The first-order valence-corrected chi connectivity index (χ1v) is 5.10. The Labute approximate surface area is 65.1 Å². The lowest BCUT2D eigenvalue weighted by Crippen LogP contribution is -2.14. The SMILES string of the molecule is BrCC1CC1C1CCC1. The summed E-state index contributed by atoms with van der Waals surface area (Å²) in [4.78, 5) is 0. The molecule has 9 heavy (non-hydrogen) atoms. The van der Waals surface area contributed by atoms with Gasteiger partial charge in [-0.2, -0.15) is 0 Å². The van der Waals surface area contributed by atoms with Gasteiger partial charge in [0.05, 0.1) is 0 Å². The molecule has 0 amide bonds. The highest BCUT2D eigenvalue weighted by Gasteiger charge is 2.43. The fraction of sp³-hybridized carbons (Fsp3) is 1.00. The second-order valence-electron chi connectivity index (χ2n) is 3.50. The summed E-state index contributed by atoms with van der Waals surface area (Å²) in [5.74, 6) is 3.35. The van der Waals surface area contributed by atoms with Gasteiger partial charge >= 0.3 is 0 Å². The summed E-state index contributed by atoms with van der Waals surface area (Å²) in [6.45, 7) is 0. The molecule has 0 saturated heterocycles. The Morgan fingerprint density at radius 3 is 2.44 bits per heavy atom. The molecule has 52 valence electrons. The summed E-state index contributed by atoms with van der Waals surface area (Å²) in [6, 6.07) is 0. The topological polar surface area (TPSA) is 0 Å². The molecule has 2 unspecified atom stereocenters. The van der Waals surface area contributed by atoms with Crippen molar-refractivity contribution in [3.8, 4) is 0 Å². The summed E-state index contributed by atoms with van der Waals surface area (Å²) >= 11 is 3.54. The third-order valence-corrected chi connectivity index (χ3v) is 3.76. The Morgan fingerprint density at radius 2 is 2.11 bits per heavy atom. The van der Waals surface area contributed by atoms with Gasteiger partial charge in [-0.1, -0.05) is 35.2 Å². The van der Waals surface area contributed by atoms with Crippen LogP contribution in [0.1, 0.15) is 25.7 Å². The molecule has 1 heteroatoms. The lowest BCUT2D eigenvalue weighted by atomic mass is 9.81. The van der Waals surface area contributed by atoms with E-state index in [1.807, 2.05) is 0 Å². The molecule has 2 saturated carbocycles. The van der Waals surface area contributed by atoms with Crippen molar-refractivity contribution in [1.29, 1.82) is 0 Å². The molecule has 2 atom stereocenters. The predicted octanol–water partition coefficient (Wildman–Crippen LogP) is 2.82. The van der Waals surface area contributed by atoms with E-state index in [0.717, 1.165) is 17.8 Å². The summed E-state index contributed by atoms with van der Waals surface area (Å²) in [6.07, 6.45) is 6.11. The minimum absolute atomic E-state index is 1.07. The molecule has 2 rings (SSSR count). The molecule has 2 fully saturated rings. The van der Waals surface area contributed by atoms with Crippen molar-refractivity contribution in [2.45, 2.75) is 25.7 Å². The van der Waals surface area contributed by atoms with E-state index in [2.05, 4.69) is 15.9 Å². The van der Waals surface area contributed by atoms with Crippen LogP contribution in [0.15, 0.2) is 0 Å². The van der Waals surface area contributed by atoms with Crippen LogP contribution in [0.4, 0.5) is 0 Å². The quantitative estimate of drug-likeness (QED) is 0.586. The fourth-order valence-electron chi connectivity index (χ4n) is 1.89. The predicted molar refractivity (Wildman–Crippen MR) is 42.7 cm³/mol. The molecule has 0 aliphatic heterocycles. The van der Waals surface area contributed by atoms with Crippen LogP contribution in [0, 0.1) is 17.8 Å². The summed E-state index contributed by atoms with van der Waals surface area (Å²) in [5, 5.41) is 1.26. The van der Waals surface area contributed by atoms with Gasteiger partial charge < -0.3 is 0 Å². The minimum atomic E-state index is 1.07. The second kappa shape index (κ2) is 2.26. The van der Waals surface area contributed by atoms with Gasteiger partial charge in [0.25, 0.3) is 0 Å². The molecule has 0 N–H and O–H groups in total. The van der Waals surface area contributed by atoms with Gasteiger partial charge in [0.15, 0.2) is 0 Å². The lowest BCUT2D eigenvalue weighted by molar-refractivity contribution is 0.269. The lowest BCUT2D eigenvalue weighted by Gasteiger charge is -2.25. The largest absolute Gasteiger partial charge is 0.0925 e. The van der Waals surface area contributed by atoms with E-state index in [1.54, 1.807) is 0 Å². The van der Waals surface area contributed by atoms with Gasteiger partial charge in [-0.05, 0) is 24.2 Å². The van der Waals surface area contributed by atoms with Crippen LogP contribution >= 0.6 is 15.9 Å². The average molecular weight is 189 g/mol.